The number of hydrogen-bond donors (Lipinski definition) is 0. The van der Waals surface area contributed by atoms with Crippen LogP contribution in [0.15, 0.2) is 194 Å². The van der Waals surface area contributed by atoms with Crippen LogP contribution in [0.4, 0.5) is 34.1 Å². The Kier molecular flexibility index (Phi) is 7.20. The molecule has 0 aromatic heterocycles. The van der Waals surface area contributed by atoms with Gasteiger partial charge < -0.3 is 14.5 Å². The zero-order valence-electron chi connectivity index (χ0n) is 31.3. The topological polar surface area (TPSA) is 15.7 Å². The maximum atomic E-state index is 6.63. The van der Waals surface area contributed by atoms with Crippen molar-refractivity contribution < 1.29 is 4.74 Å². The smallest absolute Gasteiger partial charge is 0.152 e. The Bertz CT molecular complexity index is 2960. The highest BCUT2D eigenvalue weighted by molar-refractivity contribution is 6.06. The summed E-state index contributed by atoms with van der Waals surface area (Å²) in [6.07, 6.45) is 0. The van der Waals surface area contributed by atoms with E-state index in [0.29, 0.717) is 0 Å². The van der Waals surface area contributed by atoms with E-state index in [1.54, 1.807) is 0 Å². The van der Waals surface area contributed by atoms with Gasteiger partial charge in [-0.1, -0.05) is 153 Å². The van der Waals surface area contributed by atoms with Crippen molar-refractivity contribution in [3.8, 4) is 33.8 Å². The molecule has 11 rings (SSSR count). The lowest BCUT2D eigenvalue weighted by Gasteiger charge is -2.45. The fourth-order valence-corrected chi connectivity index (χ4v) is 8.98. The molecule has 0 saturated carbocycles. The molecule has 0 radical (unpaired) electrons. The Balaban J connectivity index is 1.02. The third-order valence-corrected chi connectivity index (χ3v) is 11.8. The molecule has 0 amide bonds. The van der Waals surface area contributed by atoms with Crippen molar-refractivity contribution in [2.24, 2.45) is 0 Å². The first-order chi connectivity index (χ1) is 27.5. The number of anilines is 6. The molecule has 3 nitrogen and oxygen atoms in total. The minimum atomic E-state index is -0.254. The van der Waals surface area contributed by atoms with Crippen LogP contribution >= 0.6 is 0 Å². The lowest BCUT2D eigenvalue weighted by Crippen LogP contribution is -2.32. The van der Waals surface area contributed by atoms with Crippen LogP contribution in [0.2, 0.25) is 0 Å². The van der Waals surface area contributed by atoms with Gasteiger partial charge in [-0.05, 0) is 98.8 Å². The summed E-state index contributed by atoms with van der Waals surface area (Å²) in [5.41, 5.74) is 13.9. The molecule has 0 atom stereocenters. The zero-order valence-corrected chi connectivity index (χ0v) is 31.3. The molecule has 3 heteroatoms. The van der Waals surface area contributed by atoms with Crippen molar-refractivity contribution in [2.75, 3.05) is 9.80 Å². The summed E-state index contributed by atoms with van der Waals surface area (Å²) in [6.45, 7) is 4.69. The van der Waals surface area contributed by atoms with E-state index in [-0.39, 0.29) is 5.41 Å². The average Bonchev–Trinajstić information content (AvgIpc) is 3.26. The molecule has 0 fully saturated rings. The van der Waals surface area contributed by atoms with Crippen molar-refractivity contribution >= 4 is 55.7 Å². The van der Waals surface area contributed by atoms with E-state index in [4.69, 9.17) is 4.74 Å². The van der Waals surface area contributed by atoms with Crippen LogP contribution in [-0.4, -0.2) is 0 Å². The number of fused-ring (bicyclic) bond motifs is 7. The van der Waals surface area contributed by atoms with Gasteiger partial charge >= 0.3 is 0 Å². The van der Waals surface area contributed by atoms with Gasteiger partial charge in [0.1, 0.15) is 0 Å². The van der Waals surface area contributed by atoms with Crippen LogP contribution in [0.25, 0.3) is 43.8 Å². The Morgan fingerprint density at radius 1 is 0.429 bits per heavy atom. The summed E-state index contributed by atoms with van der Waals surface area (Å²) >= 11 is 0. The van der Waals surface area contributed by atoms with Crippen LogP contribution < -0.4 is 14.5 Å². The molecule has 0 spiro atoms. The van der Waals surface area contributed by atoms with Gasteiger partial charge in [0, 0.05) is 27.6 Å². The number of benzene rings is 9. The van der Waals surface area contributed by atoms with E-state index in [1.165, 1.54) is 60.6 Å². The Hall–Kier alpha value is -7.10. The molecule has 266 valence electrons. The van der Waals surface area contributed by atoms with E-state index in [2.05, 4.69) is 218 Å². The standard InChI is InChI=1S/C53H38N2O/c1-53(2)45-19-11-21-49-52(45)55(51-44-18-9-7-15-39(44)27-33-50(51)56-49)48-32-26-40(34-46(48)53)37-24-30-42(31-25-37)54(47-20-10-16-38-14-6-8-17-43(38)47)41-28-22-36(23-29-41)35-12-4-3-5-13-35/h3-34H,1-2H3. The highest BCUT2D eigenvalue weighted by Gasteiger charge is 2.42. The summed E-state index contributed by atoms with van der Waals surface area (Å²) in [7, 11) is 0. The quantitative estimate of drug-likeness (QED) is 0.176. The molecule has 0 aliphatic carbocycles. The number of ether oxygens (including phenoxy) is 1. The molecular weight excluding hydrogens is 681 g/mol. The fraction of sp³-hybridized carbons (Fsp3) is 0.0566. The largest absolute Gasteiger partial charge is 0.453 e. The molecule has 9 aromatic rings. The fourth-order valence-electron chi connectivity index (χ4n) is 8.98. The van der Waals surface area contributed by atoms with Gasteiger partial charge in [0.25, 0.3) is 0 Å². The second-order valence-corrected chi connectivity index (χ2v) is 15.4. The third kappa shape index (κ3) is 4.98. The molecule has 2 aliphatic rings. The monoisotopic (exact) mass is 718 g/mol. The van der Waals surface area contributed by atoms with E-state index in [9.17, 15) is 0 Å². The number of rotatable bonds is 5. The first-order valence-corrected chi connectivity index (χ1v) is 19.3. The van der Waals surface area contributed by atoms with Gasteiger partial charge in [0.05, 0.1) is 22.7 Å². The highest BCUT2D eigenvalue weighted by Crippen LogP contribution is 2.61. The number of para-hydroxylation sites is 1. The van der Waals surface area contributed by atoms with Crippen LogP contribution in [0.1, 0.15) is 25.0 Å². The van der Waals surface area contributed by atoms with Gasteiger partial charge in [-0.15, -0.1) is 0 Å². The molecule has 56 heavy (non-hydrogen) atoms. The predicted molar refractivity (Wildman–Crippen MR) is 234 cm³/mol. The normalized spacial score (nSPS) is 13.4. The van der Waals surface area contributed by atoms with Gasteiger partial charge in [-0.2, -0.15) is 0 Å². The lowest BCUT2D eigenvalue weighted by molar-refractivity contribution is 0.472. The van der Waals surface area contributed by atoms with Crippen molar-refractivity contribution in [1.29, 1.82) is 0 Å². The van der Waals surface area contributed by atoms with Crippen molar-refractivity contribution in [2.45, 2.75) is 19.3 Å². The van der Waals surface area contributed by atoms with Gasteiger partial charge in [0.2, 0.25) is 0 Å². The maximum Gasteiger partial charge on any atom is 0.152 e. The van der Waals surface area contributed by atoms with Crippen LogP contribution in [0.3, 0.4) is 0 Å². The zero-order chi connectivity index (χ0) is 37.4. The molecule has 2 aliphatic heterocycles. The van der Waals surface area contributed by atoms with Crippen molar-refractivity contribution in [3.05, 3.63) is 205 Å². The molecule has 2 heterocycles. The van der Waals surface area contributed by atoms with Crippen LogP contribution in [0.5, 0.6) is 11.5 Å². The summed E-state index contributed by atoms with van der Waals surface area (Å²) in [5.74, 6) is 1.78. The second kappa shape index (κ2) is 12.5. The maximum absolute atomic E-state index is 6.63. The van der Waals surface area contributed by atoms with Crippen molar-refractivity contribution in [1.82, 2.24) is 0 Å². The lowest BCUT2D eigenvalue weighted by atomic mass is 9.72. The van der Waals surface area contributed by atoms with Gasteiger partial charge in [0.15, 0.2) is 11.5 Å². The Morgan fingerprint density at radius 2 is 1.00 bits per heavy atom. The first-order valence-electron chi connectivity index (χ1n) is 19.3. The van der Waals surface area contributed by atoms with Crippen LogP contribution in [-0.2, 0) is 5.41 Å². The number of hydrogen-bond acceptors (Lipinski definition) is 3. The highest BCUT2D eigenvalue weighted by atomic mass is 16.5. The first kappa shape index (κ1) is 32.3. The van der Waals surface area contributed by atoms with E-state index < -0.39 is 0 Å². The molecular formula is C53H38N2O. The summed E-state index contributed by atoms with van der Waals surface area (Å²) in [4.78, 5) is 4.83. The number of nitrogens with zero attached hydrogens (tertiary/aromatic N) is 2. The Labute approximate surface area is 327 Å². The second-order valence-electron chi connectivity index (χ2n) is 15.4. The average molecular weight is 719 g/mol. The Morgan fingerprint density at radius 3 is 1.75 bits per heavy atom. The molecule has 0 saturated heterocycles. The van der Waals surface area contributed by atoms with Crippen molar-refractivity contribution in [3.63, 3.8) is 0 Å². The SMILES string of the molecule is CC1(C)c2cc(-c3ccc(N(c4ccc(-c5ccccc5)cc4)c4cccc5ccccc45)cc3)ccc2N2c3c(cccc31)Oc1ccc3ccccc3c12. The van der Waals surface area contributed by atoms with E-state index in [0.717, 1.165) is 39.9 Å². The van der Waals surface area contributed by atoms with Gasteiger partial charge in [-0.25, -0.2) is 0 Å². The summed E-state index contributed by atoms with van der Waals surface area (Å²) in [5, 5.41) is 4.81. The molecule has 0 bridgehead atoms. The predicted octanol–water partition coefficient (Wildman–Crippen LogP) is 15.0. The molecule has 0 N–H and O–H groups in total. The summed E-state index contributed by atoms with van der Waals surface area (Å²) in [6, 6.07) is 70.1. The minimum absolute atomic E-state index is 0.254. The van der Waals surface area contributed by atoms with Gasteiger partial charge in [-0.3, -0.25) is 0 Å². The molecule has 0 unspecified atom stereocenters. The van der Waals surface area contributed by atoms with E-state index >= 15 is 0 Å². The third-order valence-electron chi connectivity index (χ3n) is 11.8. The minimum Gasteiger partial charge on any atom is -0.453 e. The summed E-state index contributed by atoms with van der Waals surface area (Å²) < 4.78 is 6.63. The van der Waals surface area contributed by atoms with E-state index in [1.807, 2.05) is 0 Å². The van der Waals surface area contributed by atoms with Crippen LogP contribution in [0, 0.1) is 0 Å². The molecule has 9 aromatic carbocycles.